The number of alkyl halides is 3. The maximum absolute atomic E-state index is 13.9. The van der Waals surface area contributed by atoms with E-state index in [-0.39, 0.29) is 13.1 Å². The summed E-state index contributed by atoms with van der Waals surface area (Å²) >= 11 is 0. The molecular formula is C29H33F3N4O2S. The van der Waals surface area contributed by atoms with Gasteiger partial charge in [-0.25, -0.2) is 8.42 Å². The smallest absolute Gasteiger partial charge is 0.399 e. The number of fused-ring (bicyclic) bond motifs is 1. The minimum Gasteiger partial charge on any atom is -0.399 e. The second kappa shape index (κ2) is 11.2. The third-order valence-corrected chi connectivity index (χ3v) is 9.47. The van der Waals surface area contributed by atoms with Crippen LogP contribution in [-0.2, 0) is 23.1 Å². The molecule has 2 N–H and O–H groups in total. The first-order chi connectivity index (χ1) is 18.6. The number of hydrogen-bond acceptors (Lipinski definition) is 5. The summed E-state index contributed by atoms with van der Waals surface area (Å²) in [4.78, 5) is 6.51. The second-order valence-electron chi connectivity index (χ2n) is 10.5. The van der Waals surface area contributed by atoms with E-state index in [9.17, 15) is 21.6 Å². The molecule has 1 saturated carbocycles. The first-order valence-electron chi connectivity index (χ1n) is 13.3. The number of anilines is 2. The molecule has 2 aromatic carbocycles. The predicted octanol–water partition coefficient (Wildman–Crippen LogP) is 6.34. The Hall–Kier alpha value is -3.11. The van der Waals surface area contributed by atoms with Crippen molar-refractivity contribution in [2.45, 2.75) is 63.2 Å². The van der Waals surface area contributed by atoms with E-state index in [2.05, 4.69) is 4.98 Å². The van der Waals surface area contributed by atoms with E-state index in [0.717, 1.165) is 43.4 Å². The summed E-state index contributed by atoms with van der Waals surface area (Å²) in [5.41, 5.74) is 4.62. The summed E-state index contributed by atoms with van der Waals surface area (Å²) in [5, 5.41) is 0. The minimum atomic E-state index is -5.57. The zero-order valence-electron chi connectivity index (χ0n) is 21.6. The number of nitrogens with zero attached hydrogens (tertiary/aromatic N) is 3. The highest BCUT2D eigenvalue weighted by Crippen LogP contribution is 2.41. The van der Waals surface area contributed by atoms with Crippen molar-refractivity contribution < 1.29 is 21.6 Å². The van der Waals surface area contributed by atoms with Gasteiger partial charge in [0.25, 0.3) is 0 Å². The van der Waals surface area contributed by atoms with Crippen molar-refractivity contribution in [3.63, 3.8) is 0 Å². The van der Waals surface area contributed by atoms with E-state index in [1.807, 2.05) is 53.4 Å². The zero-order chi connectivity index (χ0) is 27.6. The van der Waals surface area contributed by atoms with Gasteiger partial charge < -0.3 is 10.6 Å². The third kappa shape index (κ3) is 5.91. The average Bonchev–Trinajstić information content (AvgIpc) is 3.37. The van der Waals surface area contributed by atoms with Gasteiger partial charge >= 0.3 is 15.5 Å². The molecule has 2 aliphatic rings. The largest absolute Gasteiger partial charge is 0.511 e. The van der Waals surface area contributed by atoms with Gasteiger partial charge in [-0.1, -0.05) is 68.1 Å². The fraction of sp³-hybridized carbons (Fsp3) is 0.414. The van der Waals surface area contributed by atoms with Gasteiger partial charge in [0.05, 0.1) is 12.2 Å². The molecule has 2 heterocycles. The molecule has 0 unspecified atom stereocenters. The first kappa shape index (κ1) is 27.5. The number of benzene rings is 2. The Morgan fingerprint density at radius 1 is 0.974 bits per heavy atom. The first-order valence-corrected chi connectivity index (χ1v) is 14.8. The molecule has 1 aliphatic carbocycles. The Labute approximate surface area is 227 Å². The van der Waals surface area contributed by atoms with Crippen LogP contribution in [0.25, 0.3) is 11.1 Å². The summed E-state index contributed by atoms with van der Waals surface area (Å²) in [7, 11) is -5.57. The lowest BCUT2D eigenvalue weighted by molar-refractivity contribution is -0.0492. The quantitative estimate of drug-likeness (QED) is 0.366. The third-order valence-electron chi connectivity index (χ3n) is 7.92. The Bertz CT molecular complexity index is 1390. The molecule has 0 radical (unpaired) electrons. The van der Waals surface area contributed by atoms with E-state index >= 15 is 0 Å². The Morgan fingerprint density at radius 2 is 1.72 bits per heavy atom. The molecule has 0 spiro atoms. The number of rotatable bonds is 7. The van der Waals surface area contributed by atoms with Crippen molar-refractivity contribution in [2.24, 2.45) is 5.92 Å². The number of hydrogen-bond donors (Lipinski definition) is 1. The highest BCUT2D eigenvalue weighted by molar-refractivity contribution is 7.89. The highest BCUT2D eigenvalue weighted by Gasteiger charge is 2.51. The molecule has 1 aliphatic heterocycles. The van der Waals surface area contributed by atoms with Crippen molar-refractivity contribution in [3.05, 3.63) is 78.1 Å². The van der Waals surface area contributed by atoms with Crippen LogP contribution in [-0.4, -0.2) is 35.8 Å². The molecule has 10 heteroatoms. The van der Waals surface area contributed by atoms with Crippen LogP contribution < -0.4 is 10.6 Å². The molecule has 0 amide bonds. The van der Waals surface area contributed by atoms with Crippen LogP contribution in [0, 0.1) is 5.92 Å². The summed E-state index contributed by atoms with van der Waals surface area (Å²) in [6.07, 6.45) is 7.53. The van der Waals surface area contributed by atoms with Crippen molar-refractivity contribution >= 4 is 21.4 Å². The predicted molar refractivity (Wildman–Crippen MR) is 147 cm³/mol. The van der Waals surface area contributed by atoms with Crippen LogP contribution in [0.15, 0.2) is 66.9 Å². The second-order valence-corrected chi connectivity index (χ2v) is 12.4. The van der Waals surface area contributed by atoms with Crippen molar-refractivity contribution in [3.8, 4) is 11.1 Å². The SMILES string of the molecule is Nc1ccnc(CN2c3cccc(-c4ccccc4)c3CN(S(=O)(=O)C(F)(F)F)C[C@@H]2CCC2CCCC2)c1. The van der Waals surface area contributed by atoms with E-state index in [4.69, 9.17) is 5.73 Å². The molecule has 0 bridgehead atoms. The number of halogens is 3. The number of aromatic nitrogens is 1. The molecule has 6 nitrogen and oxygen atoms in total. The molecule has 208 valence electrons. The highest BCUT2D eigenvalue weighted by atomic mass is 32.2. The summed E-state index contributed by atoms with van der Waals surface area (Å²) in [6.45, 7) is -0.339. The molecule has 1 aromatic heterocycles. The number of nitrogen functional groups attached to an aromatic ring is 1. The molecule has 3 aromatic rings. The van der Waals surface area contributed by atoms with Crippen LogP contribution >= 0.6 is 0 Å². The van der Waals surface area contributed by atoms with E-state index in [1.165, 1.54) is 0 Å². The molecule has 5 rings (SSSR count). The van der Waals surface area contributed by atoms with Gasteiger partial charge in [0.2, 0.25) is 0 Å². The van der Waals surface area contributed by atoms with Gasteiger partial charge in [0.1, 0.15) is 0 Å². The van der Waals surface area contributed by atoms with E-state index < -0.39 is 21.6 Å². The van der Waals surface area contributed by atoms with E-state index in [0.29, 0.717) is 45.7 Å². The van der Waals surface area contributed by atoms with Crippen LogP contribution in [0.4, 0.5) is 24.5 Å². The lowest BCUT2D eigenvalue weighted by atomic mass is 9.95. The average molecular weight is 559 g/mol. The molecule has 39 heavy (non-hydrogen) atoms. The molecule has 1 fully saturated rings. The fourth-order valence-corrected chi connectivity index (χ4v) is 6.91. The van der Waals surface area contributed by atoms with Gasteiger partial charge in [-0.3, -0.25) is 4.98 Å². The Morgan fingerprint density at radius 3 is 2.41 bits per heavy atom. The van der Waals surface area contributed by atoms with Crippen LogP contribution in [0.3, 0.4) is 0 Å². The van der Waals surface area contributed by atoms with Crippen LogP contribution in [0.1, 0.15) is 49.8 Å². The van der Waals surface area contributed by atoms with Crippen molar-refractivity contribution in [1.29, 1.82) is 0 Å². The lowest BCUT2D eigenvalue weighted by Crippen LogP contribution is -2.47. The molecular weight excluding hydrogens is 525 g/mol. The maximum atomic E-state index is 13.9. The monoisotopic (exact) mass is 558 g/mol. The number of pyridine rings is 1. The van der Waals surface area contributed by atoms with Gasteiger partial charge in [0.15, 0.2) is 0 Å². The summed E-state index contributed by atoms with van der Waals surface area (Å²) in [5.74, 6) is 0.503. The zero-order valence-corrected chi connectivity index (χ0v) is 22.5. The van der Waals surface area contributed by atoms with Gasteiger partial charge in [-0.15, -0.1) is 0 Å². The Kier molecular flexibility index (Phi) is 7.87. The standard InChI is InChI=1S/C29H33F3N4O2S/c30-29(31,32)39(37,38)35-19-25(14-13-21-7-4-5-8-21)36(18-24-17-23(33)15-16-34-24)28-12-6-11-26(27(28)20-35)22-9-2-1-3-10-22/h1-3,6,9-12,15-17,21,25H,4-5,7-8,13-14,18-20H2,(H2,33,34)/t25-/m0/s1. The van der Waals surface area contributed by atoms with Crippen molar-refractivity contribution in [1.82, 2.24) is 9.29 Å². The minimum absolute atomic E-state index is 0.264. The maximum Gasteiger partial charge on any atom is 0.511 e. The Balaban J connectivity index is 1.64. The van der Waals surface area contributed by atoms with Crippen LogP contribution in [0.2, 0.25) is 0 Å². The summed E-state index contributed by atoms with van der Waals surface area (Å²) in [6, 6.07) is 17.9. The lowest BCUT2D eigenvalue weighted by Gasteiger charge is -2.35. The van der Waals surface area contributed by atoms with E-state index in [1.54, 1.807) is 18.3 Å². The summed E-state index contributed by atoms with van der Waals surface area (Å²) < 4.78 is 68.2. The van der Waals surface area contributed by atoms with Gasteiger partial charge in [-0.2, -0.15) is 17.5 Å². The normalized spacial score (nSPS) is 19.2. The number of sulfonamides is 1. The van der Waals surface area contributed by atoms with Crippen molar-refractivity contribution in [2.75, 3.05) is 17.2 Å². The van der Waals surface area contributed by atoms with Gasteiger partial charge in [0, 0.05) is 36.7 Å². The van der Waals surface area contributed by atoms with Crippen LogP contribution in [0.5, 0.6) is 0 Å². The molecule has 0 saturated heterocycles. The number of nitrogens with two attached hydrogens (primary N) is 1. The topological polar surface area (TPSA) is 79.5 Å². The van der Waals surface area contributed by atoms with Gasteiger partial charge in [-0.05, 0) is 53.6 Å². The fourth-order valence-electron chi connectivity index (χ4n) is 5.95. The molecule has 1 atom stereocenters.